The Morgan fingerprint density at radius 2 is 1.61 bits per heavy atom. The van der Waals surface area contributed by atoms with Gasteiger partial charge in [0.15, 0.2) is 0 Å². The van der Waals surface area contributed by atoms with Crippen LogP contribution < -0.4 is 9.80 Å². The molecule has 1 fully saturated rings. The van der Waals surface area contributed by atoms with E-state index in [2.05, 4.69) is 37.4 Å². The molecule has 1 unspecified atom stereocenters. The van der Waals surface area contributed by atoms with Crippen LogP contribution in [-0.2, 0) is 13.1 Å². The van der Waals surface area contributed by atoms with E-state index in [-0.39, 0.29) is 5.82 Å². The first-order chi connectivity index (χ1) is 11.2. The lowest BCUT2D eigenvalue weighted by atomic mass is 10.0. The van der Waals surface area contributed by atoms with Crippen molar-refractivity contribution >= 4 is 0 Å². The smallest absolute Gasteiger partial charge is 0.123 e. The van der Waals surface area contributed by atoms with Crippen LogP contribution in [0.25, 0.3) is 0 Å². The Labute approximate surface area is 138 Å². The van der Waals surface area contributed by atoms with Gasteiger partial charge in [-0.2, -0.15) is 0 Å². The van der Waals surface area contributed by atoms with Crippen molar-refractivity contribution in [1.82, 2.24) is 0 Å². The molecule has 2 aromatic rings. The van der Waals surface area contributed by atoms with E-state index < -0.39 is 0 Å². The Hall–Kier alpha value is -1.71. The first kappa shape index (κ1) is 16.2. The number of likely N-dealkylation sites (tertiary alicyclic amines) is 1. The monoisotopic (exact) mass is 314 g/mol. The van der Waals surface area contributed by atoms with Crippen molar-refractivity contribution < 1.29 is 14.2 Å². The highest BCUT2D eigenvalue weighted by atomic mass is 19.1. The maximum atomic E-state index is 13.0. The number of piperidine rings is 1. The summed E-state index contributed by atoms with van der Waals surface area (Å²) in [5.74, 6) is -0.145. The molecule has 0 aliphatic carbocycles. The van der Waals surface area contributed by atoms with E-state index in [1.54, 1.807) is 21.9 Å². The summed E-state index contributed by atoms with van der Waals surface area (Å²) in [5.41, 5.74) is 2.66. The molecule has 0 bridgehead atoms. The standard InChI is InChI=1S/C20H25FN2/c1-22(15-17-5-3-2-4-6-17)20-11-13-23(14-12-20)16-18-7-9-19(21)10-8-18/h2-10,20H,11-16H2,1H3/p+2. The van der Waals surface area contributed by atoms with Crippen LogP contribution in [-0.4, -0.2) is 26.2 Å². The summed E-state index contributed by atoms with van der Waals surface area (Å²) in [7, 11) is 2.32. The molecule has 0 spiro atoms. The molecule has 1 atom stereocenters. The average Bonchev–Trinajstić information content (AvgIpc) is 2.58. The first-order valence-corrected chi connectivity index (χ1v) is 8.65. The van der Waals surface area contributed by atoms with Crippen molar-refractivity contribution in [2.24, 2.45) is 0 Å². The summed E-state index contributed by atoms with van der Waals surface area (Å²) in [5, 5.41) is 0. The second-order valence-electron chi connectivity index (χ2n) is 6.84. The van der Waals surface area contributed by atoms with E-state index >= 15 is 0 Å². The lowest BCUT2D eigenvalue weighted by Crippen LogP contribution is -3.18. The molecule has 0 radical (unpaired) electrons. The van der Waals surface area contributed by atoms with E-state index in [9.17, 15) is 4.39 Å². The van der Waals surface area contributed by atoms with E-state index in [0.29, 0.717) is 0 Å². The van der Waals surface area contributed by atoms with Gasteiger partial charge in [-0.1, -0.05) is 42.5 Å². The molecule has 1 aliphatic rings. The zero-order valence-corrected chi connectivity index (χ0v) is 13.9. The van der Waals surface area contributed by atoms with Gasteiger partial charge in [-0.25, -0.2) is 4.39 Å². The predicted octanol–water partition coefficient (Wildman–Crippen LogP) is 1.09. The lowest BCUT2D eigenvalue weighted by Gasteiger charge is -2.32. The molecule has 3 rings (SSSR count). The number of quaternary nitrogens is 2. The summed E-state index contributed by atoms with van der Waals surface area (Å²) >= 11 is 0. The van der Waals surface area contributed by atoms with Gasteiger partial charge in [0.05, 0.1) is 26.2 Å². The summed E-state index contributed by atoms with van der Waals surface area (Å²) < 4.78 is 13.0. The number of nitrogens with one attached hydrogen (secondary N) is 2. The van der Waals surface area contributed by atoms with Crippen LogP contribution in [0.2, 0.25) is 0 Å². The Morgan fingerprint density at radius 1 is 0.957 bits per heavy atom. The maximum absolute atomic E-state index is 13.0. The third kappa shape index (κ3) is 4.63. The number of hydrogen-bond acceptors (Lipinski definition) is 0. The third-order valence-electron chi connectivity index (χ3n) is 5.08. The molecule has 1 saturated heterocycles. The van der Waals surface area contributed by atoms with Crippen molar-refractivity contribution in [3.8, 4) is 0 Å². The molecule has 1 aliphatic heterocycles. The van der Waals surface area contributed by atoms with Crippen LogP contribution in [0.4, 0.5) is 4.39 Å². The molecule has 0 amide bonds. The van der Waals surface area contributed by atoms with Crippen LogP contribution in [0.3, 0.4) is 0 Å². The van der Waals surface area contributed by atoms with E-state index in [1.165, 1.54) is 37.1 Å². The van der Waals surface area contributed by atoms with Gasteiger partial charge >= 0.3 is 0 Å². The quantitative estimate of drug-likeness (QED) is 0.817. The molecule has 122 valence electrons. The van der Waals surface area contributed by atoms with Crippen molar-refractivity contribution in [3.63, 3.8) is 0 Å². The Bertz CT molecular complexity index is 589. The van der Waals surface area contributed by atoms with Crippen molar-refractivity contribution in [2.45, 2.75) is 32.0 Å². The van der Waals surface area contributed by atoms with Gasteiger partial charge in [0.25, 0.3) is 0 Å². The lowest BCUT2D eigenvalue weighted by molar-refractivity contribution is -0.960. The summed E-state index contributed by atoms with van der Waals surface area (Å²) in [6.07, 6.45) is 2.55. The zero-order valence-electron chi connectivity index (χ0n) is 13.9. The van der Waals surface area contributed by atoms with Crippen LogP contribution in [0.15, 0.2) is 54.6 Å². The minimum Gasteiger partial charge on any atom is -0.331 e. The SMILES string of the molecule is C[NH+](Cc1ccccc1)C1CC[NH+](Cc2ccc(F)cc2)CC1. The van der Waals surface area contributed by atoms with Crippen LogP contribution in [0, 0.1) is 5.82 Å². The highest BCUT2D eigenvalue weighted by Gasteiger charge is 2.27. The van der Waals surface area contributed by atoms with E-state index in [0.717, 1.165) is 19.1 Å². The fraction of sp³-hybridized carbons (Fsp3) is 0.400. The molecule has 2 nitrogen and oxygen atoms in total. The van der Waals surface area contributed by atoms with Gasteiger partial charge in [0.1, 0.15) is 18.9 Å². The molecular formula is C20H27FN2+2. The van der Waals surface area contributed by atoms with Gasteiger partial charge in [-0.15, -0.1) is 0 Å². The number of benzene rings is 2. The van der Waals surface area contributed by atoms with Gasteiger partial charge in [0, 0.05) is 24.0 Å². The molecule has 3 heteroatoms. The van der Waals surface area contributed by atoms with Crippen LogP contribution in [0.1, 0.15) is 24.0 Å². The van der Waals surface area contributed by atoms with E-state index in [4.69, 9.17) is 0 Å². The zero-order chi connectivity index (χ0) is 16.1. The van der Waals surface area contributed by atoms with Crippen LogP contribution in [0.5, 0.6) is 0 Å². The minimum atomic E-state index is -0.145. The normalized spacial score (nSPS) is 22.7. The average molecular weight is 314 g/mol. The van der Waals surface area contributed by atoms with Crippen molar-refractivity contribution in [1.29, 1.82) is 0 Å². The fourth-order valence-corrected chi connectivity index (χ4v) is 3.65. The summed E-state index contributed by atoms with van der Waals surface area (Å²) in [6.45, 7) is 4.56. The Kier molecular flexibility index (Phi) is 5.42. The second kappa shape index (κ2) is 7.71. The second-order valence-corrected chi connectivity index (χ2v) is 6.84. The Balaban J connectivity index is 1.47. The van der Waals surface area contributed by atoms with E-state index in [1.807, 2.05) is 12.1 Å². The minimum absolute atomic E-state index is 0.145. The number of rotatable bonds is 5. The van der Waals surface area contributed by atoms with Gasteiger partial charge in [-0.3, -0.25) is 0 Å². The highest BCUT2D eigenvalue weighted by molar-refractivity contribution is 5.15. The topological polar surface area (TPSA) is 8.88 Å². The molecule has 2 N–H and O–H groups in total. The van der Waals surface area contributed by atoms with Gasteiger partial charge < -0.3 is 9.80 Å². The maximum Gasteiger partial charge on any atom is 0.123 e. The van der Waals surface area contributed by atoms with Crippen molar-refractivity contribution in [3.05, 3.63) is 71.5 Å². The largest absolute Gasteiger partial charge is 0.331 e. The van der Waals surface area contributed by atoms with Crippen LogP contribution >= 0.6 is 0 Å². The summed E-state index contributed by atoms with van der Waals surface area (Å²) in [4.78, 5) is 3.25. The molecule has 0 aromatic heterocycles. The van der Waals surface area contributed by atoms with Gasteiger partial charge in [0.2, 0.25) is 0 Å². The third-order valence-corrected chi connectivity index (χ3v) is 5.08. The number of halogens is 1. The van der Waals surface area contributed by atoms with Gasteiger partial charge in [-0.05, 0) is 12.1 Å². The van der Waals surface area contributed by atoms with Crippen molar-refractivity contribution in [2.75, 3.05) is 20.1 Å². The molecular weight excluding hydrogens is 287 g/mol. The molecule has 2 aromatic carbocycles. The Morgan fingerprint density at radius 3 is 2.26 bits per heavy atom. The molecule has 23 heavy (non-hydrogen) atoms. The predicted molar refractivity (Wildman–Crippen MR) is 90.9 cm³/mol. The molecule has 0 saturated carbocycles. The number of hydrogen-bond donors (Lipinski definition) is 2. The highest BCUT2D eigenvalue weighted by Crippen LogP contribution is 2.03. The first-order valence-electron chi connectivity index (χ1n) is 8.65. The molecule has 1 heterocycles. The summed E-state index contributed by atoms with van der Waals surface area (Å²) in [6, 6.07) is 18.5. The fourth-order valence-electron chi connectivity index (χ4n) is 3.65.